The second-order valence-corrected chi connectivity index (χ2v) is 8.05. The summed E-state index contributed by atoms with van der Waals surface area (Å²) in [5.74, 6) is 2.20. The predicted octanol–water partition coefficient (Wildman–Crippen LogP) is 4.02. The molecule has 0 aliphatic heterocycles. The summed E-state index contributed by atoms with van der Waals surface area (Å²) in [6, 6.07) is 17.7. The van der Waals surface area contributed by atoms with E-state index in [4.69, 9.17) is 4.74 Å². The lowest BCUT2D eigenvalue weighted by molar-refractivity contribution is -0.118. The molecule has 1 N–H and O–H groups in total. The Morgan fingerprint density at radius 1 is 1.10 bits per heavy atom. The van der Waals surface area contributed by atoms with Crippen molar-refractivity contribution >= 4 is 17.7 Å². The van der Waals surface area contributed by atoms with Crippen molar-refractivity contribution < 1.29 is 9.53 Å². The fourth-order valence-electron chi connectivity index (χ4n) is 2.68. The normalized spacial score (nSPS) is 10.9. The van der Waals surface area contributed by atoms with Crippen LogP contribution in [0.2, 0.25) is 0 Å². The number of thioether (sulfide) groups is 1. The first-order valence-electron chi connectivity index (χ1n) is 9.62. The van der Waals surface area contributed by atoms with Crippen molar-refractivity contribution in [2.45, 2.75) is 32.5 Å². The Bertz CT molecular complexity index is 941. The summed E-state index contributed by atoms with van der Waals surface area (Å²) in [5, 5.41) is 12.2. The first-order chi connectivity index (χ1) is 14.0. The molecule has 3 rings (SSSR count). The van der Waals surface area contributed by atoms with Gasteiger partial charge in [0.1, 0.15) is 12.4 Å². The van der Waals surface area contributed by atoms with Gasteiger partial charge in [0.2, 0.25) is 5.91 Å². The number of hydrogen-bond acceptors (Lipinski definition) is 5. The quantitative estimate of drug-likeness (QED) is 0.540. The van der Waals surface area contributed by atoms with Gasteiger partial charge in [-0.15, -0.1) is 10.2 Å². The van der Waals surface area contributed by atoms with Crippen molar-refractivity contribution in [2.75, 3.05) is 12.3 Å². The van der Waals surface area contributed by atoms with Gasteiger partial charge in [-0.25, -0.2) is 0 Å². The van der Waals surface area contributed by atoms with Crippen LogP contribution in [0, 0.1) is 12.8 Å². The summed E-state index contributed by atoms with van der Waals surface area (Å²) in [6.45, 7) is 7.10. The van der Waals surface area contributed by atoms with Crippen LogP contribution in [0.3, 0.4) is 0 Å². The molecule has 1 amide bonds. The zero-order chi connectivity index (χ0) is 20.6. The van der Waals surface area contributed by atoms with Crippen LogP contribution in [-0.4, -0.2) is 33.0 Å². The van der Waals surface area contributed by atoms with Gasteiger partial charge in [-0.05, 0) is 36.6 Å². The van der Waals surface area contributed by atoms with E-state index >= 15 is 0 Å². The Morgan fingerprint density at radius 2 is 1.83 bits per heavy atom. The highest BCUT2D eigenvalue weighted by Gasteiger charge is 2.16. The maximum absolute atomic E-state index is 12.1. The number of nitrogens with one attached hydrogen (secondary N) is 1. The van der Waals surface area contributed by atoms with Gasteiger partial charge in [0.05, 0.1) is 5.75 Å². The molecule has 29 heavy (non-hydrogen) atoms. The maximum atomic E-state index is 12.1. The smallest absolute Gasteiger partial charge is 0.230 e. The minimum absolute atomic E-state index is 0.0102. The largest absolute Gasteiger partial charge is 0.485 e. The van der Waals surface area contributed by atoms with Crippen molar-refractivity contribution in [2.24, 2.45) is 5.92 Å². The predicted molar refractivity (Wildman–Crippen MR) is 115 cm³/mol. The van der Waals surface area contributed by atoms with E-state index < -0.39 is 0 Å². The van der Waals surface area contributed by atoms with Crippen molar-refractivity contribution in [1.29, 1.82) is 0 Å². The number of carbonyl (C=O) groups is 1. The zero-order valence-corrected chi connectivity index (χ0v) is 17.8. The number of benzene rings is 2. The van der Waals surface area contributed by atoms with Crippen molar-refractivity contribution in [3.05, 3.63) is 66.0 Å². The van der Waals surface area contributed by atoms with Gasteiger partial charge in [-0.3, -0.25) is 9.36 Å². The SMILES string of the molecule is Cc1ccccc1OCc1nnc(SCC(=O)NCC(C)C)n1-c1ccccc1. The number of ether oxygens (including phenoxy) is 1. The van der Waals surface area contributed by atoms with Crippen LogP contribution in [0.15, 0.2) is 59.8 Å². The Labute approximate surface area is 175 Å². The van der Waals surface area contributed by atoms with Gasteiger partial charge in [0, 0.05) is 12.2 Å². The highest BCUT2D eigenvalue weighted by molar-refractivity contribution is 7.99. The molecule has 0 aliphatic rings. The summed E-state index contributed by atoms with van der Waals surface area (Å²) in [4.78, 5) is 12.1. The molecule has 3 aromatic rings. The molecule has 1 aromatic heterocycles. The van der Waals surface area contributed by atoms with Crippen LogP contribution in [0.5, 0.6) is 5.75 Å². The Balaban J connectivity index is 1.77. The van der Waals surface area contributed by atoms with Gasteiger partial charge in [-0.2, -0.15) is 0 Å². The van der Waals surface area contributed by atoms with Crippen LogP contribution in [-0.2, 0) is 11.4 Å². The van der Waals surface area contributed by atoms with E-state index in [1.165, 1.54) is 11.8 Å². The van der Waals surface area contributed by atoms with E-state index in [-0.39, 0.29) is 18.3 Å². The maximum Gasteiger partial charge on any atom is 0.230 e. The van der Waals surface area contributed by atoms with E-state index in [0.29, 0.717) is 23.4 Å². The molecule has 0 unspecified atom stereocenters. The van der Waals surface area contributed by atoms with Crippen molar-refractivity contribution in [3.63, 3.8) is 0 Å². The summed E-state index contributed by atoms with van der Waals surface area (Å²) in [6.07, 6.45) is 0. The third-order valence-corrected chi connectivity index (χ3v) is 5.13. The molecule has 0 atom stereocenters. The minimum Gasteiger partial charge on any atom is -0.485 e. The van der Waals surface area contributed by atoms with Gasteiger partial charge in [0.15, 0.2) is 11.0 Å². The third kappa shape index (κ3) is 5.84. The second kappa shape index (κ2) is 10.1. The van der Waals surface area contributed by atoms with Crippen molar-refractivity contribution in [1.82, 2.24) is 20.1 Å². The number of carbonyl (C=O) groups excluding carboxylic acids is 1. The molecule has 0 spiro atoms. The molecule has 1 heterocycles. The first-order valence-corrected chi connectivity index (χ1v) is 10.6. The van der Waals surface area contributed by atoms with E-state index in [1.54, 1.807) is 0 Å². The number of nitrogens with zero attached hydrogens (tertiary/aromatic N) is 3. The van der Waals surface area contributed by atoms with E-state index in [0.717, 1.165) is 17.0 Å². The Kier molecular flexibility index (Phi) is 7.30. The molecule has 0 aliphatic carbocycles. The van der Waals surface area contributed by atoms with Crippen LogP contribution in [0.4, 0.5) is 0 Å². The van der Waals surface area contributed by atoms with Crippen LogP contribution >= 0.6 is 11.8 Å². The van der Waals surface area contributed by atoms with Gasteiger partial charge < -0.3 is 10.1 Å². The van der Waals surface area contributed by atoms with Gasteiger partial charge in [-0.1, -0.05) is 62.0 Å². The molecular formula is C22H26N4O2S. The summed E-state index contributed by atoms with van der Waals surface area (Å²) in [5.41, 5.74) is 2.00. The average molecular weight is 411 g/mol. The van der Waals surface area contributed by atoms with Gasteiger partial charge >= 0.3 is 0 Å². The van der Waals surface area contributed by atoms with Crippen LogP contribution in [0.25, 0.3) is 5.69 Å². The molecule has 7 heteroatoms. The molecule has 0 saturated carbocycles. The Hall–Kier alpha value is -2.80. The summed E-state index contributed by atoms with van der Waals surface area (Å²) >= 11 is 1.37. The summed E-state index contributed by atoms with van der Waals surface area (Å²) in [7, 11) is 0. The number of aryl methyl sites for hydroxylation is 1. The number of hydrogen-bond donors (Lipinski definition) is 1. The number of rotatable bonds is 9. The third-order valence-electron chi connectivity index (χ3n) is 4.20. The first kappa shape index (κ1) is 20.9. The molecule has 2 aromatic carbocycles. The fourth-order valence-corrected chi connectivity index (χ4v) is 3.48. The highest BCUT2D eigenvalue weighted by Crippen LogP contribution is 2.24. The van der Waals surface area contributed by atoms with E-state index in [1.807, 2.05) is 66.1 Å². The lowest BCUT2D eigenvalue weighted by Gasteiger charge is -2.12. The minimum atomic E-state index is -0.0102. The fraction of sp³-hybridized carbons (Fsp3) is 0.318. The Morgan fingerprint density at radius 3 is 2.55 bits per heavy atom. The van der Waals surface area contributed by atoms with Crippen LogP contribution in [0.1, 0.15) is 25.2 Å². The average Bonchev–Trinajstić information content (AvgIpc) is 3.13. The van der Waals surface area contributed by atoms with E-state index in [9.17, 15) is 4.79 Å². The summed E-state index contributed by atoms with van der Waals surface area (Å²) < 4.78 is 7.92. The molecular weight excluding hydrogens is 384 g/mol. The number of para-hydroxylation sites is 2. The monoisotopic (exact) mass is 410 g/mol. The lowest BCUT2D eigenvalue weighted by atomic mass is 10.2. The lowest BCUT2D eigenvalue weighted by Crippen LogP contribution is -2.28. The molecule has 0 fully saturated rings. The molecule has 0 saturated heterocycles. The standard InChI is InChI=1S/C22H26N4O2S/c1-16(2)13-23-21(27)15-29-22-25-24-20(26(22)18-10-5-4-6-11-18)14-28-19-12-8-7-9-17(19)3/h4-12,16H,13-15H2,1-3H3,(H,23,27). The number of aromatic nitrogens is 3. The molecule has 0 radical (unpaired) electrons. The van der Waals surface area contributed by atoms with Crippen molar-refractivity contribution in [3.8, 4) is 11.4 Å². The zero-order valence-electron chi connectivity index (χ0n) is 17.0. The molecule has 6 nitrogen and oxygen atoms in total. The molecule has 0 bridgehead atoms. The molecule has 152 valence electrons. The highest BCUT2D eigenvalue weighted by atomic mass is 32.2. The van der Waals surface area contributed by atoms with Crippen LogP contribution < -0.4 is 10.1 Å². The van der Waals surface area contributed by atoms with Gasteiger partial charge in [0.25, 0.3) is 0 Å². The number of amides is 1. The topological polar surface area (TPSA) is 69.0 Å². The van der Waals surface area contributed by atoms with E-state index in [2.05, 4.69) is 29.4 Å². The second-order valence-electron chi connectivity index (χ2n) is 7.11.